The number of carbonyl (C=O) groups is 2. The lowest BCUT2D eigenvalue weighted by Gasteiger charge is -2.35. The van der Waals surface area contributed by atoms with Gasteiger partial charge in [0.15, 0.2) is 12.4 Å². The third-order valence-corrected chi connectivity index (χ3v) is 7.05. The van der Waals surface area contributed by atoms with Gasteiger partial charge in [-0.15, -0.1) is 0 Å². The summed E-state index contributed by atoms with van der Waals surface area (Å²) in [6, 6.07) is 11.4. The molecule has 0 aliphatic carbocycles. The molecule has 0 unspecified atom stereocenters. The van der Waals surface area contributed by atoms with Gasteiger partial charge >= 0.3 is 5.97 Å². The van der Waals surface area contributed by atoms with Crippen LogP contribution in [0, 0.1) is 0 Å². The largest absolute Gasteiger partial charge is 0.491 e. The summed E-state index contributed by atoms with van der Waals surface area (Å²) in [6.07, 6.45) is 0.0000839. The summed E-state index contributed by atoms with van der Waals surface area (Å²) in [5.74, 6) is -0.565. The first-order valence-corrected chi connectivity index (χ1v) is 12.0. The molecule has 1 N–H and O–H groups in total. The number of ketones is 1. The molecule has 1 saturated heterocycles. The molecule has 0 saturated carbocycles. The number of Topliss-reactive ketones (excluding diaryl/α,β-unsaturated/α-hetero) is 1. The number of benzene rings is 2. The molecule has 2 aromatic rings. The van der Waals surface area contributed by atoms with Crippen LogP contribution in [0.2, 0.25) is 0 Å². The molecule has 1 heterocycles. The van der Waals surface area contributed by atoms with Crippen molar-refractivity contribution in [3.63, 3.8) is 0 Å². The van der Waals surface area contributed by atoms with E-state index >= 15 is 0 Å². The lowest BCUT2D eigenvalue weighted by Crippen LogP contribution is -2.48. The average Bonchev–Trinajstić information content (AvgIpc) is 2.77. The van der Waals surface area contributed by atoms with Crippen molar-refractivity contribution < 1.29 is 32.6 Å². The minimum Gasteiger partial charge on any atom is -0.491 e. The number of rotatable bonds is 9. The molecule has 0 amide bonds. The minimum absolute atomic E-state index is 0.0000839. The van der Waals surface area contributed by atoms with E-state index in [0.29, 0.717) is 24.4 Å². The number of sulfonamides is 1. The summed E-state index contributed by atoms with van der Waals surface area (Å²) in [4.78, 5) is 24.9. The number of hydrogen-bond donors (Lipinski definition) is 1. The summed E-state index contributed by atoms with van der Waals surface area (Å²) >= 11 is 0. The number of carbonyl (C=O) groups excluding carboxylic acids is 1. The van der Waals surface area contributed by atoms with Gasteiger partial charge in [0, 0.05) is 37.9 Å². The van der Waals surface area contributed by atoms with Crippen LogP contribution in [0.25, 0.3) is 0 Å². The Bertz CT molecular complexity index is 1110. The third kappa shape index (κ3) is 6.02. The standard InChI is InChI=1S/C23H28N2O7S/c1-16(2)32-19-5-7-20(8-6-19)33(29,30)25-12-10-24(11-13-25)18-4-9-21(17(3)26)22(14-18)31-15-23(27)28/h4-9,14,16H,10-13,15H2,1-3H3,(H,27,28). The van der Waals surface area contributed by atoms with E-state index in [-0.39, 0.29) is 35.6 Å². The maximum Gasteiger partial charge on any atom is 0.341 e. The predicted molar refractivity (Wildman–Crippen MR) is 123 cm³/mol. The molecule has 0 bridgehead atoms. The zero-order chi connectivity index (χ0) is 24.2. The Morgan fingerprint density at radius 1 is 1.03 bits per heavy atom. The maximum absolute atomic E-state index is 13.0. The molecule has 178 valence electrons. The fourth-order valence-electron chi connectivity index (χ4n) is 3.56. The highest BCUT2D eigenvalue weighted by Crippen LogP contribution is 2.28. The number of piperazine rings is 1. The Morgan fingerprint density at radius 2 is 1.67 bits per heavy atom. The summed E-state index contributed by atoms with van der Waals surface area (Å²) < 4.78 is 38.4. The molecule has 0 spiro atoms. The smallest absolute Gasteiger partial charge is 0.341 e. The molecule has 3 rings (SSSR count). The van der Waals surface area contributed by atoms with Gasteiger partial charge in [0.1, 0.15) is 11.5 Å². The fourth-order valence-corrected chi connectivity index (χ4v) is 4.98. The molecule has 0 atom stereocenters. The second kappa shape index (κ2) is 10.2. The van der Waals surface area contributed by atoms with Crippen LogP contribution in [-0.2, 0) is 14.8 Å². The van der Waals surface area contributed by atoms with Crippen molar-refractivity contribution >= 4 is 27.5 Å². The predicted octanol–water partition coefficient (Wildman–Crippen LogP) is 2.65. The van der Waals surface area contributed by atoms with Crippen LogP contribution in [-0.4, -0.2) is 68.5 Å². The molecular formula is C23H28N2O7S. The van der Waals surface area contributed by atoms with Gasteiger partial charge in [0.25, 0.3) is 0 Å². The fraction of sp³-hybridized carbons (Fsp3) is 0.391. The average molecular weight is 477 g/mol. The Morgan fingerprint density at radius 3 is 2.21 bits per heavy atom. The number of nitrogens with zero attached hydrogens (tertiary/aromatic N) is 2. The van der Waals surface area contributed by atoms with E-state index in [1.807, 2.05) is 18.7 Å². The highest BCUT2D eigenvalue weighted by Gasteiger charge is 2.29. The van der Waals surface area contributed by atoms with Crippen LogP contribution in [0.15, 0.2) is 47.4 Å². The zero-order valence-corrected chi connectivity index (χ0v) is 19.7. The Labute approximate surface area is 193 Å². The normalized spacial score (nSPS) is 14.8. The molecular weight excluding hydrogens is 448 g/mol. The number of ether oxygens (including phenoxy) is 2. The van der Waals surface area contributed by atoms with Crippen molar-refractivity contribution in [1.82, 2.24) is 4.31 Å². The number of aliphatic carboxylic acids is 1. The highest BCUT2D eigenvalue weighted by atomic mass is 32.2. The van der Waals surface area contributed by atoms with E-state index in [1.54, 1.807) is 42.5 Å². The van der Waals surface area contributed by atoms with Crippen LogP contribution >= 0.6 is 0 Å². The SMILES string of the molecule is CC(=O)c1ccc(N2CCN(S(=O)(=O)c3ccc(OC(C)C)cc3)CC2)cc1OCC(=O)O. The van der Waals surface area contributed by atoms with Crippen molar-refractivity contribution in [2.24, 2.45) is 0 Å². The topological polar surface area (TPSA) is 113 Å². The lowest BCUT2D eigenvalue weighted by atomic mass is 10.1. The summed E-state index contributed by atoms with van der Waals surface area (Å²) in [7, 11) is -3.64. The van der Waals surface area contributed by atoms with Crippen LogP contribution in [0.5, 0.6) is 11.5 Å². The molecule has 1 fully saturated rings. The first-order chi connectivity index (χ1) is 15.6. The van der Waals surface area contributed by atoms with E-state index < -0.39 is 22.6 Å². The molecule has 0 radical (unpaired) electrons. The van der Waals surface area contributed by atoms with Crippen molar-refractivity contribution in [3.05, 3.63) is 48.0 Å². The maximum atomic E-state index is 13.0. The van der Waals surface area contributed by atoms with E-state index in [0.717, 1.165) is 5.69 Å². The van der Waals surface area contributed by atoms with Crippen molar-refractivity contribution in [2.45, 2.75) is 31.8 Å². The van der Waals surface area contributed by atoms with Gasteiger partial charge in [0.2, 0.25) is 10.0 Å². The summed E-state index contributed by atoms with van der Waals surface area (Å²) in [5.41, 5.74) is 1.03. The van der Waals surface area contributed by atoms with Crippen molar-refractivity contribution in [1.29, 1.82) is 0 Å². The second-order valence-electron chi connectivity index (χ2n) is 7.95. The van der Waals surface area contributed by atoms with Gasteiger partial charge in [-0.05, 0) is 57.2 Å². The molecule has 1 aliphatic rings. The first-order valence-electron chi connectivity index (χ1n) is 10.6. The third-order valence-electron chi connectivity index (χ3n) is 5.13. The highest BCUT2D eigenvalue weighted by molar-refractivity contribution is 7.89. The van der Waals surface area contributed by atoms with E-state index in [4.69, 9.17) is 14.6 Å². The zero-order valence-electron chi connectivity index (χ0n) is 18.9. The van der Waals surface area contributed by atoms with Gasteiger partial charge in [-0.1, -0.05) is 0 Å². The van der Waals surface area contributed by atoms with Gasteiger partial charge in [0.05, 0.1) is 16.6 Å². The summed E-state index contributed by atoms with van der Waals surface area (Å²) in [6.45, 7) is 6.07. The molecule has 33 heavy (non-hydrogen) atoms. The molecule has 10 heteroatoms. The number of hydrogen-bond acceptors (Lipinski definition) is 7. The van der Waals surface area contributed by atoms with E-state index in [1.165, 1.54) is 11.2 Å². The van der Waals surface area contributed by atoms with E-state index in [9.17, 15) is 18.0 Å². The molecule has 1 aliphatic heterocycles. The molecule has 0 aromatic heterocycles. The van der Waals surface area contributed by atoms with Crippen molar-refractivity contribution in [2.75, 3.05) is 37.7 Å². The Kier molecular flexibility index (Phi) is 7.60. The van der Waals surface area contributed by atoms with Gasteiger partial charge in [-0.3, -0.25) is 4.79 Å². The molecule has 2 aromatic carbocycles. The minimum atomic E-state index is -3.64. The van der Waals surface area contributed by atoms with Crippen LogP contribution in [0.4, 0.5) is 5.69 Å². The van der Waals surface area contributed by atoms with E-state index in [2.05, 4.69) is 0 Å². The summed E-state index contributed by atoms with van der Waals surface area (Å²) in [5, 5.41) is 8.89. The monoisotopic (exact) mass is 476 g/mol. The number of carboxylic acid groups (broad SMARTS) is 1. The van der Waals surface area contributed by atoms with Crippen LogP contribution in [0.1, 0.15) is 31.1 Å². The number of anilines is 1. The quantitative estimate of drug-likeness (QED) is 0.550. The number of carboxylic acids is 1. The Hall–Kier alpha value is -3.11. The van der Waals surface area contributed by atoms with Gasteiger partial charge < -0.3 is 19.5 Å². The molecule has 9 nitrogen and oxygen atoms in total. The lowest BCUT2D eigenvalue weighted by molar-refractivity contribution is -0.139. The van der Waals surface area contributed by atoms with Crippen LogP contribution < -0.4 is 14.4 Å². The van der Waals surface area contributed by atoms with Gasteiger partial charge in [-0.25, -0.2) is 13.2 Å². The van der Waals surface area contributed by atoms with Crippen LogP contribution in [0.3, 0.4) is 0 Å². The van der Waals surface area contributed by atoms with Gasteiger partial charge in [-0.2, -0.15) is 4.31 Å². The second-order valence-corrected chi connectivity index (χ2v) is 9.89. The van der Waals surface area contributed by atoms with Crippen molar-refractivity contribution in [3.8, 4) is 11.5 Å². The first kappa shape index (κ1) is 24.5. The Balaban J connectivity index is 1.70.